The minimum Gasteiger partial charge on any atom is -0.493 e. The second-order valence-electron chi connectivity index (χ2n) is 5.83. The molecule has 2 aromatic carbocycles. The third-order valence-electron chi connectivity index (χ3n) is 3.80. The van der Waals surface area contributed by atoms with E-state index in [0.29, 0.717) is 12.4 Å². The molecule has 0 aliphatic heterocycles. The van der Waals surface area contributed by atoms with E-state index in [1.165, 1.54) is 0 Å². The number of ether oxygens (including phenoxy) is 1. The molecule has 3 rings (SSSR count). The van der Waals surface area contributed by atoms with Crippen LogP contribution in [-0.2, 0) is 4.79 Å². The SMILES string of the molecule is Cc1ccccc1Nc1ccc(NC(=O)CCOc2ccccc2)nc1. The van der Waals surface area contributed by atoms with Gasteiger partial charge in [-0.15, -0.1) is 0 Å². The molecule has 1 heterocycles. The number of hydrogen-bond donors (Lipinski definition) is 2. The van der Waals surface area contributed by atoms with Gasteiger partial charge in [0.15, 0.2) is 0 Å². The van der Waals surface area contributed by atoms with E-state index in [4.69, 9.17) is 4.74 Å². The lowest BCUT2D eigenvalue weighted by molar-refractivity contribution is -0.116. The molecule has 5 nitrogen and oxygen atoms in total. The molecule has 1 aromatic heterocycles. The highest BCUT2D eigenvalue weighted by Gasteiger charge is 2.05. The number of hydrogen-bond acceptors (Lipinski definition) is 4. The topological polar surface area (TPSA) is 63.2 Å². The van der Waals surface area contributed by atoms with Gasteiger partial charge in [0.2, 0.25) is 5.91 Å². The molecule has 0 saturated carbocycles. The van der Waals surface area contributed by atoms with Crippen LogP contribution in [0.5, 0.6) is 5.75 Å². The summed E-state index contributed by atoms with van der Waals surface area (Å²) in [5, 5.41) is 6.08. The van der Waals surface area contributed by atoms with Crippen molar-refractivity contribution in [1.82, 2.24) is 4.98 Å². The molecule has 0 aliphatic carbocycles. The summed E-state index contributed by atoms with van der Waals surface area (Å²) in [7, 11) is 0. The van der Waals surface area contributed by atoms with Crippen molar-refractivity contribution in [2.75, 3.05) is 17.2 Å². The van der Waals surface area contributed by atoms with Gasteiger partial charge in [-0.2, -0.15) is 0 Å². The summed E-state index contributed by atoms with van der Waals surface area (Å²) in [5.41, 5.74) is 3.05. The number of rotatable bonds is 7. The highest BCUT2D eigenvalue weighted by molar-refractivity contribution is 5.89. The number of anilines is 3. The van der Waals surface area contributed by atoms with Crippen LogP contribution in [0.1, 0.15) is 12.0 Å². The van der Waals surface area contributed by atoms with Crippen molar-refractivity contribution in [3.8, 4) is 5.75 Å². The number of carbonyl (C=O) groups is 1. The quantitative estimate of drug-likeness (QED) is 0.658. The second kappa shape index (κ2) is 8.67. The Balaban J connectivity index is 1.47. The smallest absolute Gasteiger partial charge is 0.228 e. The summed E-state index contributed by atoms with van der Waals surface area (Å²) in [5.74, 6) is 1.14. The summed E-state index contributed by atoms with van der Waals surface area (Å²) < 4.78 is 5.52. The maximum Gasteiger partial charge on any atom is 0.228 e. The molecule has 0 saturated heterocycles. The summed E-state index contributed by atoms with van der Waals surface area (Å²) in [6.07, 6.45) is 1.96. The monoisotopic (exact) mass is 347 g/mol. The third kappa shape index (κ3) is 5.08. The molecule has 1 amide bonds. The Hall–Kier alpha value is -3.34. The molecule has 0 radical (unpaired) electrons. The molecule has 132 valence electrons. The number of aryl methyl sites for hydroxylation is 1. The van der Waals surface area contributed by atoms with Crippen molar-refractivity contribution in [3.05, 3.63) is 78.5 Å². The van der Waals surface area contributed by atoms with Crippen LogP contribution in [0, 0.1) is 6.92 Å². The first-order chi connectivity index (χ1) is 12.7. The van der Waals surface area contributed by atoms with E-state index in [9.17, 15) is 4.79 Å². The average molecular weight is 347 g/mol. The number of benzene rings is 2. The lowest BCUT2D eigenvalue weighted by atomic mass is 10.2. The number of nitrogens with zero attached hydrogens (tertiary/aromatic N) is 1. The predicted octanol–water partition coefficient (Wildman–Crippen LogP) is 4.54. The van der Waals surface area contributed by atoms with Crippen LogP contribution in [0.15, 0.2) is 72.9 Å². The summed E-state index contributed by atoms with van der Waals surface area (Å²) >= 11 is 0. The molecule has 5 heteroatoms. The lowest BCUT2D eigenvalue weighted by Crippen LogP contribution is -2.16. The van der Waals surface area contributed by atoms with Crippen molar-refractivity contribution < 1.29 is 9.53 Å². The van der Waals surface area contributed by atoms with Crippen molar-refractivity contribution in [1.29, 1.82) is 0 Å². The van der Waals surface area contributed by atoms with E-state index >= 15 is 0 Å². The van der Waals surface area contributed by atoms with Crippen LogP contribution in [0.4, 0.5) is 17.2 Å². The average Bonchev–Trinajstić information content (AvgIpc) is 2.66. The van der Waals surface area contributed by atoms with Crippen LogP contribution in [0.2, 0.25) is 0 Å². The molecule has 0 spiro atoms. The molecular weight excluding hydrogens is 326 g/mol. The minimum absolute atomic E-state index is 0.131. The number of amides is 1. The van der Waals surface area contributed by atoms with Gasteiger partial charge < -0.3 is 15.4 Å². The number of carbonyl (C=O) groups excluding carboxylic acids is 1. The molecule has 26 heavy (non-hydrogen) atoms. The molecule has 2 N–H and O–H groups in total. The zero-order valence-electron chi connectivity index (χ0n) is 14.6. The first kappa shape index (κ1) is 17.5. The summed E-state index contributed by atoms with van der Waals surface area (Å²) in [6.45, 7) is 2.37. The van der Waals surface area contributed by atoms with E-state index in [2.05, 4.69) is 15.6 Å². The van der Waals surface area contributed by atoms with Gasteiger partial charge in [0.25, 0.3) is 0 Å². The Morgan fingerprint density at radius 3 is 2.50 bits per heavy atom. The number of aromatic nitrogens is 1. The van der Waals surface area contributed by atoms with Gasteiger partial charge in [0.1, 0.15) is 11.6 Å². The summed E-state index contributed by atoms with van der Waals surface area (Å²) in [6, 6.07) is 21.1. The van der Waals surface area contributed by atoms with Crippen molar-refractivity contribution in [3.63, 3.8) is 0 Å². The predicted molar refractivity (Wildman–Crippen MR) is 104 cm³/mol. The Morgan fingerprint density at radius 2 is 1.77 bits per heavy atom. The fourth-order valence-electron chi connectivity index (χ4n) is 2.39. The normalized spacial score (nSPS) is 10.2. The van der Waals surface area contributed by atoms with Gasteiger partial charge in [0, 0.05) is 5.69 Å². The van der Waals surface area contributed by atoms with Crippen molar-refractivity contribution in [2.24, 2.45) is 0 Å². The first-order valence-electron chi connectivity index (χ1n) is 8.47. The van der Waals surface area contributed by atoms with Gasteiger partial charge in [-0.25, -0.2) is 4.98 Å². The Labute approximate surface area is 153 Å². The minimum atomic E-state index is -0.131. The van der Waals surface area contributed by atoms with Gasteiger partial charge in [0.05, 0.1) is 24.9 Å². The van der Waals surface area contributed by atoms with E-state index in [0.717, 1.165) is 22.7 Å². The van der Waals surface area contributed by atoms with Crippen LogP contribution >= 0.6 is 0 Å². The van der Waals surface area contributed by atoms with Gasteiger partial charge in [-0.3, -0.25) is 4.79 Å². The molecule has 0 atom stereocenters. The van der Waals surface area contributed by atoms with Gasteiger partial charge in [-0.1, -0.05) is 36.4 Å². The fourth-order valence-corrected chi connectivity index (χ4v) is 2.39. The lowest BCUT2D eigenvalue weighted by Gasteiger charge is -2.10. The third-order valence-corrected chi connectivity index (χ3v) is 3.80. The van der Waals surface area contributed by atoms with Gasteiger partial charge >= 0.3 is 0 Å². The van der Waals surface area contributed by atoms with E-state index in [1.807, 2.05) is 67.6 Å². The van der Waals surface area contributed by atoms with E-state index in [1.54, 1.807) is 12.3 Å². The number of para-hydroxylation sites is 2. The highest BCUT2D eigenvalue weighted by atomic mass is 16.5. The maximum atomic E-state index is 12.0. The molecule has 0 aliphatic rings. The van der Waals surface area contributed by atoms with E-state index < -0.39 is 0 Å². The number of pyridine rings is 1. The highest BCUT2D eigenvalue weighted by Crippen LogP contribution is 2.20. The largest absolute Gasteiger partial charge is 0.493 e. The molecule has 0 fully saturated rings. The Bertz CT molecular complexity index is 849. The fraction of sp³-hybridized carbons (Fsp3) is 0.143. The summed E-state index contributed by atoms with van der Waals surface area (Å²) in [4.78, 5) is 16.3. The zero-order chi connectivity index (χ0) is 18.2. The molecular formula is C21H21N3O2. The van der Waals surface area contributed by atoms with Crippen molar-refractivity contribution in [2.45, 2.75) is 13.3 Å². The zero-order valence-corrected chi connectivity index (χ0v) is 14.6. The first-order valence-corrected chi connectivity index (χ1v) is 8.47. The maximum absolute atomic E-state index is 12.0. The molecule has 0 bridgehead atoms. The van der Waals surface area contributed by atoms with Crippen LogP contribution in [-0.4, -0.2) is 17.5 Å². The number of nitrogens with one attached hydrogen (secondary N) is 2. The standard InChI is InChI=1S/C21H21N3O2/c1-16-7-5-6-10-19(16)23-17-11-12-20(22-15-17)24-21(25)13-14-26-18-8-3-2-4-9-18/h2-12,15,23H,13-14H2,1H3,(H,22,24,25). The van der Waals surface area contributed by atoms with Crippen molar-refractivity contribution >= 4 is 23.1 Å². The van der Waals surface area contributed by atoms with Crippen LogP contribution in [0.25, 0.3) is 0 Å². The van der Waals surface area contributed by atoms with Gasteiger partial charge in [-0.05, 0) is 42.8 Å². The van der Waals surface area contributed by atoms with Crippen LogP contribution in [0.3, 0.4) is 0 Å². The Kier molecular flexibility index (Phi) is 5.83. The molecule has 0 unspecified atom stereocenters. The Morgan fingerprint density at radius 1 is 1.00 bits per heavy atom. The van der Waals surface area contributed by atoms with E-state index in [-0.39, 0.29) is 12.3 Å². The second-order valence-corrected chi connectivity index (χ2v) is 5.83. The van der Waals surface area contributed by atoms with Crippen LogP contribution < -0.4 is 15.4 Å². The molecule has 3 aromatic rings.